The molecule has 15 heavy (non-hydrogen) atoms. The summed E-state index contributed by atoms with van der Waals surface area (Å²) >= 11 is 0. The van der Waals surface area contributed by atoms with Crippen LogP contribution in [0.2, 0.25) is 0 Å². The van der Waals surface area contributed by atoms with Crippen LogP contribution < -0.4 is 11.2 Å². The minimum atomic E-state index is -0.679. The molecule has 0 aliphatic carbocycles. The molecule has 1 N–H and O–H groups in total. The highest BCUT2D eigenvalue weighted by Crippen LogP contribution is 2.20. The molecule has 1 unspecified atom stereocenters. The molecule has 5 heteroatoms. The zero-order chi connectivity index (χ0) is 11.7. The number of hydrogen-bond donors (Lipinski definition) is 1. The molecule has 0 fully saturated rings. The lowest BCUT2D eigenvalue weighted by atomic mass is 10.1. The highest BCUT2D eigenvalue weighted by Gasteiger charge is 2.17. The van der Waals surface area contributed by atoms with Gasteiger partial charge in [-0.3, -0.25) is 13.9 Å². The zero-order valence-electron chi connectivity index (χ0n) is 9.02. The first-order valence-corrected chi connectivity index (χ1v) is 4.53. The standard InChI is InChI=1S/C10H14N2O3/c1-5-6(2)7-8(13)9(14)12(4)10(15)11(7)3/h5-6,13H,1H2,2-4H3. The first kappa shape index (κ1) is 11.3. The van der Waals surface area contributed by atoms with Crippen LogP contribution in [-0.4, -0.2) is 14.2 Å². The second-order valence-electron chi connectivity index (χ2n) is 3.46. The van der Waals surface area contributed by atoms with Crippen molar-refractivity contribution in [3.8, 4) is 5.75 Å². The number of hydrogen-bond acceptors (Lipinski definition) is 3. The fourth-order valence-corrected chi connectivity index (χ4v) is 1.47. The summed E-state index contributed by atoms with van der Waals surface area (Å²) in [6, 6.07) is 0. The first-order valence-electron chi connectivity index (χ1n) is 4.53. The Labute approximate surface area is 86.9 Å². The lowest BCUT2D eigenvalue weighted by Crippen LogP contribution is -2.38. The third kappa shape index (κ3) is 1.60. The van der Waals surface area contributed by atoms with Gasteiger partial charge >= 0.3 is 5.69 Å². The number of aromatic hydroxyl groups is 1. The Morgan fingerprint density at radius 1 is 1.33 bits per heavy atom. The van der Waals surface area contributed by atoms with Gasteiger partial charge in [0.2, 0.25) is 5.75 Å². The number of nitrogens with zero attached hydrogens (tertiary/aromatic N) is 2. The normalized spacial score (nSPS) is 12.5. The Morgan fingerprint density at radius 2 is 1.87 bits per heavy atom. The predicted octanol–water partition coefficient (Wildman–Crippen LogP) is 0.0791. The van der Waals surface area contributed by atoms with Gasteiger partial charge in [0.1, 0.15) is 0 Å². The fourth-order valence-electron chi connectivity index (χ4n) is 1.47. The summed E-state index contributed by atoms with van der Waals surface area (Å²) in [6.45, 7) is 5.32. The van der Waals surface area contributed by atoms with Crippen LogP contribution in [0.5, 0.6) is 5.75 Å². The van der Waals surface area contributed by atoms with Gasteiger partial charge in [0.05, 0.1) is 5.69 Å². The average molecular weight is 210 g/mol. The zero-order valence-corrected chi connectivity index (χ0v) is 9.02. The van der Waals surface area contributed by atoms with Gasteiger partial charge in [0, 0.05) is 20.0 Å². The van der Waals surface area contributed by atoms with Crippen molar-refractivity contribution in [3.63, 3.8) is 0 Å². The Kier molecular flexibility index (Phi) is 2.83. The van der Waals surface area contributed by atoms with E-state index in [1.54, 1.807) is 13.0 Å². The van der Waals surface area contributed by atoms with E-state index >= 15 is 0 Å². The van der Waals surface area contributed by atoms with E-state index in [1.165, 1.54) is 18.7 Å². The highest BCUT2D eigenvalue weighted by atomic mass is 16.3. The van der Waals surface area contributed by atoms with Crippen LogP contribution in [-0.2, 0) is 14.1 Å². The van der Waals surface area contributed by atoms with E-state index in [1.807, 2.05) is 0 Å². The lowest BCUT2D eigenvalue weighted by Gasteiger charge is -2.14. The molecule has 1 aromatic heterocycles. The molecule has 0 aromatic carbocycles. The molecule has 0 aliphatic heterocycles. The Hall–Kier alpha value is -1.78. The van der Waals surface area contributed by atoms with Crippen molar-refractivity contribution < 1.29 is 5.11 Å². The average Bonchev–Trinajstić information content (AvgIpc) is 2.23. The van der Waals surface area contributed by atoms with Crippen molar-refractivity contribution in [2.24, 2.45) is 14.1 Å². The van der Waals surface area contributed by atoms with Gasteiger partial charge in [-0.25, -0.2) is 4.79 Å². The van der Waals surface area contributed by atoms with Crippen LogP contribution in [0.25, 0.3) is 0 Å². The van der Waals surface area contributed by atoms with Crippen molar-refractivity contribution in [3.05, 3.63) is 39.2 Å². The van der Waals surface area contributed by atoms with Gasteiger partial charge < -0.3 is 5.11 Å². The molecule has 0 aliphatic rings. The maximum absolute atomic E-state index is 11.6. The number of rotatable bonds is 2. The number of allylic oxidation sites excluding steroid dienone is 1. The fraction of sp³-hybridized carbons (Fsp3) is 0.400. The van der Waals surface area contributed by atoms with Crippen LogP contribution in [0.1, 0.15) is 18.5 Å². The molecule has 0 bridgehead atoms. The number of aromatic nitrogens is 2. The molecule has 0 saturated carbocycles. The maximum Gasteiger partial charge on any atom is 0.330 e. The first-order chi connectivity index (χ1) is 6.91. The Bertz CT molecular complexity index is 473. The topological polar surface area (TPSA) is 64.2 Å². The van der Waals surface area contributed by atoms with Crippen molar-refractivity contribution in [1.29, 1.82) is 0 Å². The smallest absolute Gasteiger partial charge is 0.330 e. The van der Waals surface area contributed by atoms with E-state index in [4.69, 9.17) is 0 Å². The minimum absolute atomic E-state index is 0.253. The van der Waals surface area contributed by atoms with Crippen molar-refractivity contribution in [2.45, 2.75) is 12.8 Å². The van der Waals surface area contributed by atoms with Crippen LogP contribution in [0, 0.1) is 0 Å². The largest absolute Gasteiger partial charge is 0.502 e. The Morgan fingerprint density at radius 3 is 2.33 bits per heavy atom. The molecule has 0 spiro atoms. The van der Waals surface area contributed by atoms with E-state index in [0.717, 1.165) is 4.57 Å². The van der Waals surface area contributed by atoms with E-state index < -0.39 is 17.0 Å². The highest BCUT2D eigenvalue weighted by molar-refractivity contribution is 5.29. The van der Waals surface area contributed by atoms with Crippen molar-refractivity contribution in [1.82, 2.24) is 9.13 Å². The summed E-state index contributed by atoms with van der Waals surface area (Å²) in [5, 5.41) is 9.64. The maximum atomic E-state index is 11.6. The predicted molar refractivity (Wildman–Crippen MR) is 57.2 cm³/mol. The molecule has 1 aromatic rings. The SMILES string of the molecule is C=CC(C)c1c(O)c(=O)n(C)c(=O)n1C. The van der Waals surface area contributed by atoms with Gasteiger partial charge in [-0.15, -0.1) is 6.58 Å². The third-order valence-corrected chi connectivity index (χ3v) is 2.47. The molecule has 82 valence electrons. The van der Waals surface area contributed by atoms with Crippen LogP contribution in [0.15, 0.2) is 22.2 Å². The van der Waals surface area contributed by atoms with Crippen molar-refractivity contribution >= 4 is 0 Å². The van der Waals surface area contributed by atoms with Crippen LogP contribution in [0.4, 0.5) is 0 Å². The van der Waals surface area contributed by atoms with E-state index in [0.29, 0.717) is 0 Å². The molecule has 0 amide bonds. The molecule has 1 rings (SSSR count). The van der Waals surface area contributed by atoms with E-state index in [-0.39, 0.29) is 11.6 Å². The minimum Gasteiger partial charge on any atom is -0.502 e. The Balaban J connectivity index is 3.75. The monoisotopic (exact) mass is 210 g/mol. The quantitative estimate of drug-likeness (QED) is 0.703. The summed E-state index contributed by atoms with van der Waals surface area (Å²) in [4.78, 5) is 23.0. The van der Waals surface area contributed by atoms with Crippen LogP contribution in [0.3, 0.4) is 0 Å². The molecule has 0 radical (unpaired) electrons. The van der Waals surface area contributed by atoms with E-state index in [2.05, 4.69) is 6.58 Å². The summed E-state index contributed by atoms with van der Waals surface area (Å²) in [5.74, 6) is -0.649. The van der Waals surface area contributed by atoms with Crippen molar-refractivity contribution in [2.75, 3.05) is 0 Å². The summed E-state index contributed by atoms with van der Waals surface area (Å²) < 4.78 is 2.12. The van der Waals surface area contributed by atoms with Gasteiger partial charge in [-0.05, 0) is 0 Å². The van der Waals surface area contributed by atoms with Gasteiger partial charge in [0.15, 0.2) is 0 Å². The van der Waals surface area contributed by atoms with Gasteiger partial charge in [-0.1, -0.05) is 13.0 Å². The molecule has 1 heterocycles. The van der Waals surface area contributed by atoms with Gasteiger partial charge in [0.25, 0.3) is 5.56 Å². The molecular formula is C10H14N2O3. The third-order valence-electron chi connectivity index (χ3n) is 2.47. The van der Waals surface area contributed by atoms with Gasteiger partial charge in [-0.2, -0.15) is 0 Å². The molecular weight excluding hydrogens is 196 g/mol. The molecule has 0 saturated heterocycles. The van der Waals surface area contributed by atoms with E-state index in [9.17, 15) is 14.7 Å². The second-order valence-corrected chi connectivity index (χ2v) is 3.46. The summed E-state index contributed by atoms with van der Waals surface area (Å²) in [7, 11) is 2.84. The van der Waals surface area contributed by atoms with Crippen LogP contribution >= 0.6 is 0 Å². The molecule has 1 atom stereocenters. The summed E-state index contributed by atoms with van der Waals surface area (Å²) in [5.41, 5.74) is -0.846. The summed E-state index contributed by atoms with van der Waals surface area (Å²) in [6.07, 6.45) is 1.56. The molecule has 5 nitrogen and oxygen atoms in total. The lowest BCUT2D eigenvalue weighted by molar-refractivity contribution is 0.431. The second kappa shape index (κ2) is 3.76.